The molecule has 0 saturated heterocycles. The number of nitrogens with one attached hydrogen (secondary N) is 4. The van der Waals surface area contributed by atoms with Gasteiger partial charge < -0.3 is 26.8 Å². The zero-order valence-corrected chi connectivity index (χ0v) is 21.5. The molecule has 0 bridgehead atoms. The number of urea groups is 1. The standard InChI is InChI=1S/C25H33ClN6O5/c1-3-5-19(27)23(34)31-32-25(36)30-21(13-15-8-10-17(26)11-9-15)24(35)29-20(22(28)33)14-16-6-4-7-18(12-16)37-2/h4,6-12,19-21H,3,5,13-14,27H2,1-2H3,(H2,28,33)(H,29,35)(H,31,34)(H2,30,32,36)/t19-,20-,21-/m0/s1. The van der Waals surface area contributed by atoms with Gasteiger partial charge in [-0.15, -0.1) is 0 Å². The molecule has 0 radical (unpaired) electrons. The Balaban J connectivity index is 2.13. The number of methoxy groups -OCH3 is 1. The van der Waals surface area contributed by atoms with Gasteiger partial charge in [0.2, 0.25) is 11.8 Å². The van der Waals surface area contributed by atoms with Crippen LogP contribution in [0.15, 0.2) is 48.5 Å². The van der Waals surface area contributed by atoms with Gasteiger partial charge >= 0.3 is 6.03 Å². The zero-order chi connectivity index (χ0) is 27.4. The smallest absolute Gasteiger partial charge is 0.334 e. The first-order chi connectivity index (χ1) is 17.6. The molecule has 0 heterocycles. The Labute approximate surface area is 220 Å². The summed E-state index contributed by atoms with van der Waals surface area (Å²) < 4.78 is 5.20. The van der Waals surface area contributed by atoms with Crippen molar-refractivity contribution >= 4 is 35.4 Å². The Morgan fingerprint density at radius 3 is 2.22 bits per heavy atom. The first-order valence-corrected chi connectivity index (χ1v) is 12.1. The van der Waals surface area contributed by atoms with Crippen molar-refractivity contribution in [2.45, 2.75) is 50.7 Å². The molecule has 11 nitrogen and oxygen atoms in total. The molecule has 0 aliphatic heterocycles. The minimum absolute atomic E-state index is 0.0738. The second kappa shape index (κ2) is 14.7. The van der Waals surface area contributed by atoms with Crippen LogP contribution in [0, 0.1) is 0 Å². The summed E-state index contributed by atoms with van der Waals surface area (Å²) in [7, 11) is 1.52. The van der Waals surface area contributed by atoms with Crippen LogP contribution in [-0.4, -0.2) is 49.0 Å². The fourth-order valence-electron chi connectivity index (χ4n) is 3.44. The molecular formula is C25H33ClN6O5. The highest BCUT2D eigenvalue weighted by atomic mass is 35.5. The van der Waals surface area contributed by atoms with E-state index in [0.717, 1.165) is 5.56 Å². The molecule has 0 unspecified atom stereocenters. The van der Waals surface area contributed by atoms with Gasteiger partial charge in [0.1, 0.15) is 17.8 Å². The summed E-state index contributed by atoms with van der Waals surface area (Å²) in [6.07, 6.45) is 1.33. The summed E-state index contributed by atoms with van der Waals surface area (Å²) in [4.78, 5) is 49.8. The number of carbonyl (C=O) groups is 4. The molecule has 0 aliphatic rings. The highest BCUT2D eigenvalue weighted by Gasteiger charge is 2.27. The monoisotopic (exact) mass is 532 g/mol. The van der Waals surface area contributed by atoms with E-state index in [0.29, 0.717) is 29.2 Å². The molecule has 5 amide bonds. The molecule has 0 saturated carbocycles. The molecule has 8 N–H and O–H groups in total. The van der Waals surface area contributed by atoms with Crippen LogP contribution in [0.5, 0.6) is 5.75 Å². The molecule has 0 aromatic heterocycles. The fraction of sp³-hybridized carbons (Fsp3) is 0.360. The number of hydrogen-bond acceptors (Lipinski definition) is 6. The second-order valence-corrected chi connectivity index (χ2v) is 8.82. The normalized spacial score (nSPS) is 13.0. The fourth-order valence-corrected chi connectivity index (χ4v) is 3.57. The van der Waals surface area contributed by atoms with E-state index in [1.165, 1.54) is 7.11 Å². The predicted molar refractivity (Wildman–Crippen MR) is 139 cm³/mol. The lowest BCUT2D eigenvalue weighted by Gasteiger charge is -2.23. The van der Waals surface area contributed by atoms with Gasteiger partial charge in [-0.25, -0.2) is 10.2 Å². The molecule has 12 heteroatoms. The predicted octanol–water partition coefficient (Wildman–Crippen LogP) is 0.930. The molecule has 0 spiro atoms. The molecule has 2 aromatic rings. The molecule has 2 rings (SSSR count). The van der Waals surface area contributed by atoms with Crippen molar-refractivity contribution in [1.29, 1.82) is 0 Å². The Hall–Kier alpha value is -3.83. The van der Waals surface area contributed by atoms with Gasteiger partial charge in [0.25, 0.3) is 5.91 Å². The van der Waals surface area contributed by atoms with Gasteiger partial charge in [-0.2, -0.15) is 0 Å². The van der Waals surface area contributed by atoms with E-state index in [1.54, 1.807) is 48.5 Å². The van der Waals surface area contributed by atoms with Crippen LogP contribution in [0.4, 0.5) is 4.79 Å². The first kappa shape index (κ1) is 29.4. The minimum Gasteiger partial charge on any atom is -0.497 e. The summed E-state index contributed by atoms with van der Waals surface area (Å²) in [5.41, 5.74) is 17.1. The van der Waals surface area contributed by atoms with Crippen molar-refractivity contribution in [1.82, 2.24) is 21.5 Å². The van der Waals surface area contributed by atoms with Gasteiger partial charge in [-0.3, -0.25) is 19.8 Å². The quantitative estimate of drug-likeness (QED) is 0.221. The maximum atomic E-state index is 13.2. The summed E-state index contributed by atoms with van der Waals surface area (Å²) in [6.45, 7) is 1.88. The number of hydrogen-bond donors (Lipinski definition) is 6. The van der Waals surface area contributed by atoms with Crippen LogP contribution in [-0.2, 0) is 27.2 Å². The van der Waals surface area contributed by atoms with E-state index >= 15 is 0 Å². The summed E-state index contributed by atoms with van der Waals surface area (Å²) >= 11 is 5.95. The first-order valence-electron chi connectivity index (χ1n) is 11.7. The number of primary amides is 1. The Morgan fingerprint density at radius 1 is 0.919 bits per heavy atom. The molecule has 2 aromatic carbocycles. The molecule has 200 valence electrons. The molecule has 3 atom stereocenters. The summed E-state index contributed by atoms with van der Waals surface area (Å²) in [5, 5.41) is 5.63. The van der Waals surface area contributed by atoms with E-state index in [4.69, 9.17) is 27.8 Å². The van der Waals surface area contributed by atoms with Gasteiger partial charge in [0.05, 0.1) is 13.2 Å². The van der Waals surface area contributed by atoms with E-state index < -0.39 is 41.9 Å². The third kappa shape index (κ3) is 9.98. The average Bonchev–Trinajstić information content (AvgIpc) is 2.87. The number of amides is 5. The van der Waals surface area contributed by atoms with E-state index in [1.807, 2.05) is 6.92 Å². The maximum absolute atomic E-state index is 13.2. The number of hydrazine groups is 1. The van der Waals surface area contributed by atoms with Crippen molar-refractivity contribution in [2.24, 2.45) is 11.5 Å². The van der Waals surface area contributed by atoms with Crippen molar-refractivity contribution < 1.29 is 23.9 Å². The highest BCUT2D eigenvalue weighted by molar-refractivity contribution is 6.30. The van der Waals surface area contributed by atoms with Crippen molar-refractivity contribution in [3.63, 3.8) is 0 Å². The third-order valence-electron chi connectivity index (χ3n) is 5.44. The number of ether oxygens (including phenoxy) is 1. The maximum Gasteiger partial charge on any atom is 0.334 e. The van der Waals surface area contributed by atoms with Gasteiger partial charge in [-0.1, -0.05) is 49.2 Å². The van der Waals surface area contributed by atoms with E-state index in [-0.39, 0.29) is 12.8 Å². The van der Waals surface area contributed by atoms with Crippen LogP contribution >= 0.6 is 11.6 Å². The lowest BCUT2D eigenvalue weighted by atomic mass is 10.0. The number of nitrogens with two attached hydrogens (primary N) is 2. The zero-order valence-electron chi connectivity index (χ0n) is 20.8. The van der Waals surface area contributed by atoms with E-state index in [2.05, 4.69) is 21.5 Å². The van der Waals surface area contributed by atoms with Crippen LogP contribution in [0.1, 0.15) is 30.9 Å². The lowest BCUT2D eigenvalue weighted by Crippen LogP contribution is -2.58. The lowest BCUT2D eigenvalue weighted by molar-refractivity contribution is -0.128. The topological polar surface area (TPSA) is 178 Å². The summed E-state index contributed by atoms with van der Waals surface area (Å²) in [5.74, 6) is -1.37. The van der Waals surface area contributed by atoms with Crippen molar-refractivity contribution in [3.05, 3.63) is 64.7 Å². The molecule has 0 fully saturated rings. The number of rotatable bonds is 12. The SMILES string of the molecule is CCC[C@H](N)C(=O)NNC(=O)N[C@@H](Cc1ccc(Cl)cc1)C(=O)N[C@@H](Cc1cccc(OC)c1)C(N)=O. The number of benzene rings is 2. The Morgan fingerprint density at radius 2 is 1.59 bits per heavy atom. The van der Waals surface area contributed by atoms with Crippen LogP contribution in [0.3, 0.4) is 0 Å². The average molecular weight is 533 g/mol. The van der Waals surface area contributed by atoms with Gasteiger partial charge in [0.15, 0.2) is 0 Å². The van der Waals surface area contributed by atoms with Crippen LogP contribution in [0.2, 0.25) is 5.02 Å². The molecule has 0 aliphatic carbocycles. The van der Waals surface area contributed by atoms with Crippen LogP contribution < -0.4 is 37.7 Å². The highest BCUT2D eigenvalue weighted by Crippen LogP contribution is 2.15. The van der Waals surface area contributed by atoms with Crippen LogP contribution in [0.25, 0.3) is 0 Å². The second-order valence-electron chi connectivity index (χ2n) is 8.39. The molecular weight excluding hydrogens is 500 g/mol. The largest absolute Gasteiger partial charge is 0.497 e. The number of halogens is 1. The van der Waals surface area contributed by atoms with Gasteiger partial charge in [-0.05, 0) is 41.8 Å². The third-order valence-corrected chi connectivity index (χ3v) is 5.70. The molecule has 37 heavy (non-hydrogen) atoms. The van der Waals surface area contributed by atoms with Crippen molar-refractivity contribution in [3.8, 4) is 5.75 Å². The minimum atomic E-state index is -1.12. The van der Waals surface area contributed by atoms with E-state index in [9.17, 15) is 19.2 Å². The number of carbonyl (C=O) groups excluding carboxylic acids is 4. The van der Waals surface area contributed by atoms with Crippen molar-refractivity contribution in [2.75, 3.05) is 7.11 Å². The Kier molecular flexibility index (Phi) is 11.7. The summed E-state index contributed by atoms with van der Waals surface area (Å²) in [6, 6.07) is 9.92. The van der Waals surface area contributed by atoms with Gasteiger partial charge in [0, 0.05) is 17.9 Å². The Bertz CT molecular complexity index is 1080.